The molecule has 0 spiro atoms. The topological polar surface area (TPSA) is 45.2 Å². The number of carbonyl (C=O) groups excluding carboxylic acids is 1. The molecule has 2 rings (SSSR count). The fourth-order valence-corrected chi connectivity index (χ4v) is 1.95. The quantitative estimate of drug-likeness (QED) is 0.945. The van der Waals surface area contributed by atoms with E-state index in [-0.39, 0.29) is 11.4 Å². The number of aromatic nitrogens is 1. The number of nitrogens with zero attached hydrogens (tertiary/aromatic N) is 2. The Balaban J connectivity index is 2.39. The van der Waals surface area contributed by atoms with Crippen molar-refractivity contribution in [3.63, 3.8) is 0 Å². The van der Waals surface area contributed by atoms with Crippen LogP contribution in [0.1, 0.15) is 10.5 Å². The van der Waals surface area contributed by atoms with Crippen molar-refractivity contribution >= 4 is 28.9 Å². The largest absolute Gasteiger partial charge is 0.386 e. The summed E-state index contributed by atoms with van der Waals surface area (Å²) in [5.41, 5.74) is 0.865. The summed E-state index contributed by atoms with van der Waals surface area (Å²) in [5, 5.41) is 3.27. The molecule has 2 aromatic rings. The highest BCUT2D eigenvalue weighted by Crippen LogP contribution is 2.23. The summed E-state index contributed by atoms with van der Waals surface area (Å²) >= 11 is 5.83. The lowest BCUT2D eigenvalue weighted by Gasteiger charge is -2.19. The highest BCUT2D eigenvalue weighted by Gasteiger charge is 2.20. The smallest absolute Gasteiger partial charge is 0.278 e. The molecule has 20 heavy (non-hydrogen) atoms. The molecule has 0 radical (unpaired) electrons. The molecule has 104 valence electrons. The third-order valence-corrected chi connectivity index (χ3v) is 3.05. The number of pyridine rings is 1. The Morgan fingerprint density at radius 1 is 1.40 bits per heavy atom. The van der Waals surface area contributed by atoms with E-state index in [1.807, 2.05) is 0 Å². The molecule has 0 saturated heterocycles. The zero-order valence-corrected chi connectivity index (χ0v) is 11.8. The fourth-order valence-electron chi connectivity index (χ4n) is 1.79. The highest BCUT2D eigenvalue weighted by molar-refractivity contribution is 6.31. The van der Waals surface area contributed by atoms with Gasteiger partial charge in [0, 0.05) is 20.3 Å². The third kappa shape index (κ3) is 2.72. The summed E-state index contributed by atoms with van der Waals surface area (Å²) in [6.45, 7) is 0. The van der Waals surface area contributed by atoms with Gasteiger partial charge in [-0.3, -0.25) is 4.79 Å². The third-order valence-electron chi connectivity index (χ3n) is 2.84. The maximum absolute atomic E-state index is 13.7. The van der Waals surface area contributed by atoms with Crippen molar-refractivity contribution in [3.05, 3.63) is 53.1 Å². The van der Waals surface area contributed by atoms with E-state index in [2.05, 4.69) is 10.3 Å². The van der Waals surface area contributed by atoms with Crippen LogP contribution in [0.5, 0.6) is 0 Å². The van der Waals surface area contributed by atoms with Gasteiger partial charge in [-0.25, -0.2) is 9.37 Å². The van der Waals surface area contributed by atoms with E-state index in [1.54, 1.807) is 25.2 Å². The lowest BCUT2D eigenvalue weighted by molar-refractivity contribution is 0.0988. The van der Waals surface area contributed by atoms with Gasteiger partial charge >= 0.3 is 0 Å². The fraction of sp³-hybridized carbons (Fsp3) is 0.143. The van der Waals surface area contributed by atoms with Gasteiger partial charge < -0.3 is 10.2 Å². The second-order valence-electron chi connectivity index (χ2n) is 4.12. The lowest BCUT2D eigenvalue weighted by atomic mass is 10.2. The normalized spacial score (nSPS) is 10.2. The second-order valence-corrected chi connectivity index (χ2v) is 4.55. The molecule has 0 aliphatic heterocycles. The van der Waals surface area contributed by atoms with Gasteiger partial charge in [0.15, 0.2) is 5.69 Å². The maximum Gasteiger partial charge on any atom is 0.278 e. The maximum atomic E-state index is 13.7. The van der Waals surface area contributed by atoms with Crippen LogP contribution in [0.3, 0.4) is 0 Å². The Morgan fingerprint density at radius 3 is 2.75 bits per heavy atom. The summed E-state index contributed by atoms with van der Waals surface area (Å²) in [6.07, 6.45) is 1.38. The van der Waals surface area contributed by atoms with Gasteiger partial charge in [0.05, 0.1) is 16.4 Å². The number of carbonyl (C=O) groups is 1. The first-order valence-electron chi connectivity index (χ1n) is 5.90. The van der Waals surface area contributed by atoms with Crippen LogP contribution in [0.25, 0.3) is 0 Å². The summed E-state index contributed by atoms with van der Waals surface area (Å²) in [6, 6.07) is 7.65. The number of benzene rings is 1. The van der Waals surface area contributed by atoms with Crippen LogP contribution < -0.4 is 10.2 Å². The van der Waals surface area contributed by atoms with E-state index < -0.39 is 11.7 Å². The van der Waals surface area contributed by atoms with Crippen LogP contribution in [0, 0.1) is 5.82 Å². The number of halogens is 2. The van der Waals surface area contributed by atoms with Crippen molar-refractivity contribution in [2.75, 3.05) is 24.3 Å². The van der Waals surface area contributed by atoms with Gasteiger partial charge in [-0.15, -0.1) is 0 Å². The summed E-state index contributed by atoms with van der Waals surface area (Å²) in [7, 11) is 3.16. The number of anilines is 2. The van der Waals surface area contributed by atoms with Crippen LogP contribution in [0.15, 0.2) is 36.5 Å². The Hall–Kier alpha value is -2.14. The van der Waals surface area contributed by atoms with Gasteiger partial charge in [-0.1, -0.05) is 23.7 Å². The first-order valence-corrected chi connectivity index (χ1v) is 6.28. The number of hydrogen-bond acceptors (Lipinski definition) is 3. The monoisotopic (exact) mass is 293 g/mol. The van der Waals surface area contributed by atoms with Gasteiger partial charge in [0.25, 0.3) is 5.91 Å². The summed E-state index contributed by atoms with van der Waals surface area (Å²) < 4.78 is 13.7. The van der Waals surface area contributed by atoms with E-state index in [4.69, 9.17) is 11.6 Å². The van der Waals surface area contributed by atoms with Gasteiger partial charge in [0.1, 0.15) is 5.82 Å². The van der Waals surface area contributed by atoms with Crippen LogP contribution in [-0.4, -0.2) is 25.0 Å². The average molecular weight is 294 g/mol. The first kappa shape index (κ1) is 14.3. The van der Waals surface area contributed by atoms with E-state index in [0.717, 1.165) is 0 Å². The molecule has 1 aromatic carbocycles. The lowest BCUT2D eigenvalue weighted by Crippen LogP contribution is -2.28. The number of rotatable bonds is 3. The number of para-hydroxylation sites is 1. The molecular weight excluding hydrogens is 281 g/mol. The van der Waals surface area contributed by atoms with Gasteiger partial charge in [-0.05, 0) is 18.2 Å². The molecule has 0 atom stereocenters. The Labute approximate surface area is 121 Å². The van der Waals surface area contributed by atoms with Crippen molar-refractivity contribution in [3.8, 4) is 0 Å². The predicted octanol–water partition coefficient (Wildman–Crippen LogP) is 3.19. The molecule has 4 nitrogen and oxygen atoms in total. The molecule has 1 amide bonds. The van der Waals surface area contributed by atoms with E-state index in [0.29, 0.717) is 10.7 Å². The number of nitrogens with one attached hydrogen (secondary N) is 1. The molecule has 0 unspecified atom stereocenters. The zero-order valence-electron chi connectivity index (χ0n) is 11.0. The molecule has 1 aromatic heterocycles. The van der Waals surface area contributed by atoms with Crippen LogP contribution in [0.2, 0.25) is 5.02 Å². The van der Waals surface area contributed by atoms with Gasteiger partial charge in [-0.2, -0.15) is 0 Å². The minimum atomic E-state index is -0.469. The Bertz CT molecular complexity index is 648. The number of hydrogen-bond donors (Lipinski definition) is 1. The molecule has 6 heteroatoms. The van der Waals surface area contributed by atoms with Crippen LogP contribution in [-0.2, 0) is 0 Å². The number of amides is 1. The van der Waals surface area contributed by atoms with Crippen molar-refractivity contribution < 1.29 is 9.18 Å². The minimum Gasteiger partial charge on any atom is -0.386 e. The average Bonchev–Trinajstić information content (AvgIpc) is 2.46. The first-order chi connectivity index (χ1) is 9.54. The molecule has 0 saturated carbocycles. The Morgan fingerprint density at radius 2 is 2.10 bits per heavy atom. The Kier molecular flexibility index (Phi) is 4.20. The molecule has 0 aliphatic carbocycles. The predicted molar refractivity (Wildman–Crippen MR) is 77.9 cm³/mol. The van der Waals surface area contributed by atoms with Crippen LogP contribution in [0.4, 0.5) is 15.8 Å². The molecule has 0 bridgehead atoms. The van der Waals surface area contributed by atoms with Crippen molar-refractivity contribution in [1.82, 2.24) is 4.98 Å². The van der Waals surface area contributed by atoms with Crippen LogP contribution >= 0.6 is 11.6 Å². The highest BCUT2D eigenvalue weighted by atomic mass is 35.5. The molecule has 1 heterocycles. The van der Waals surface area contributed by atoms with Crippen molar-refractivity contribution in [2.24, 2.45) is 0 Å². The van der Waals surface area contributed by atoms with Gasteiger partial charge in [0.2, 0.25) is 0 Å². The van der Waals surface area contributed by atoms with E-state index in [1.165, 1.54) is 30.3 Å². The van der Waals surface area contributed by atoms with Crippen molar-refractivity contribution in [2.45, 2.75) is 0 Å². The molecule has 1 N–H and O–H groups in total. The standard InChI is InChI=1S/C14H13ClFN3O/c1-17-11-7-9(15)8-18-13(11)14(20)19(2)12-6-4-3-5-10(12)16/h3-8,17H,1-2H3. The minimum absolute atomic E-state index is 0.183. The zero-order chi connectivity index (χ0) is 14.7. The molecule has 0 aliphatic rings. The molecule has 0 fully saturated rings. The summed E-state index contributed by atoms with van der Waals surface area (Å²) in [5.74, 6) is -0.889. The molecular formula is C14H13ClFN3O. The van der Waals surface area contributed by atoms with E-state index in [9.17, 15) is 9.18 Å². The summed E-state index contributed by atoms with van der Waals surface area (Å²) in [4.78, 5) is 17.6. The second kappa shape index (κ2) is 5.88. The van der Waals surface area contributed by atoms with Crippen molar-refractivity contribution in [1.29, 1.82) is 0 Å². The van der Waals surface area contributed by atoms with E-state index >= 15 is 0 Å². The SMILES string of the molecule is CNc1cc(Cl)cnc1C(=O)N(C)c1ccccc1F.